The van der Waals surface area contributed by atoms with Gasteiger partial charge in [0.25, 0.3) is 10.0 Å². The van der Waals surface area contributed by atoms with Crippen molar-refractivity contribution in [1.29, 1.82) is 0 Å². The Morgan fingerprint density at radius 1 is 1.06 bits per heavy atom. The van der Waals surface area contributed by atoms with Crippen LogP contribution in [0.1, 0.15) is 44.1 Å². The van der Waals surface area contributed by atoms with E-state index in [-0.39, 0.29) is 4.90 Å². The van der Waals surface area contributed by atoms with E-state index in [1.54, 1.807) is 19.2 Å². The van der Waals surface area contributed by atoms with Crippen LogP contribution in [0.2, 0.25) is 0 Å². The second kappa shape index (κ2) is 9.88. The number of ether oxygens (including phenoxy) is 1. The van der Waals surface area contributed by atoms with Crippen molar-refractivity contribution in [2.24, 2.45) is 11.8 Å². The zero-order valence-electron chi connectivity index (χ0n) is 20.3. The molecule has 2 heterocycles. The van der Waals surface area contributed by atoms with Crippen molar-refractivity contribution in [3.8, 4) is 0 Å². The van der Waals surface area contributed by atoms with Crippen molar-refractivity contribution in [2.45, 2.75) is 49.5 Å². The van der Waals surface area contributed by atoms with Gasteiger partial charge in [-0.3, -0.25) is 4.72 Å². The molecule has 2 aliphatic heterocycles. The summed E-state index contributed by atoms with van der Waals surface area (Å²) in [5.74, 6) is 2.20. The number of fused-ring (bicyclic) bond motifs is 1. The third-order valence-electron chi connectivity index (χ3n) is 7.99. The van der Waals surface area contributed by atoms with E-state index in [4.69, 9.17) is 4.74 Å². The van der Waals surface area contributed by atoms with E-state index in [0.717, 1.165) is 36.9 Å². The maximum absolute atomic E-state index is 13.0. The van der Waals surface area contributed by atoms with Gasteiger partial charge in [-0.1, -0.05) is 19.1 Å². The molecule has 2 saturated heterocycles. The summed E-state index contributed by atoms with van der Waals surface area (Å²) in [7, 11) is -1.90. The average molecular weight is 484 g/mol. The first kappa shape index (κ1) is 23.6. The summed E-state index contributed by atoms with van der Waals surface area (Å²) in [6.45, 7) is 7.57. The van der Waals surface area contributed by atoms with Gasteiger partial charge < -0.3 is 14.5 Å². The number of sulfonamides is 1. The van der Waals surface area contributed by atoms with Gasteiger partial charge in [0.2, 0.25) is 0 Å². The van der Waals surface area contributed by atoms with Crippen molar-refractivity contribution < 1.29 is 13.2 Å². The highest BCUT2D eigenvalue weighted by molar-refractivity contribution is 7.92. The molecular weight excluding hydrogens is 446 g/mol. The summed E-state index contributed by atoms with van der Waals surface area (Å²) in [5.41, 5.74) is 3.00. The normalized spacial score (nSPS) is 26.9. The summed E-state index contributed by atoms with van der Waals surface area (Å²) in [6, 6.07) is 15.6. The fourth-order valence-electron chi connectivity index (χ4n) is 6.25. The Morgan fingerprint density at radius 2 is 1.82 bits per heavy atom. The minimum Gasteiger partial charge on any atom is -0.383 e. The van der Waals surface area contributed by atoms with Crippen LogP contribution in [0.4, 0.5) is 11.4 Å². The Labute approximate surface area is 204 Å². The van der Waals surface area contributed by atoms with Gasteiger partial charge in [-0.25, -0.2) is 8.42 Å². The number of nitrogens with one attached hydrogen (secondary N) is 1. The molecule has 2 aromatic carbocycles. The molecule has 4 unspecified atom stereocenters. The molecule has 6 nitrogen and oxygen atoms in total. The molecule has 4 atom stereocenters. The zero-order valence-corrected chi connectivity index (χ0v) is 21.1. The number of nitrogens with zero attached hydrogens (tertiary/aromatic N) is 2. The largest absolute Gasteiger partial charge is 0.383 e. The van der Waals surface area contributed by atoms with E-state index in [9.17, 15) is 8.42 Å². The molecule has 0 aromatic heterocycles. The van der Waals surface area contributed by atoms with Gasteiger partial charge in [-0.15, -0.1) is 0 Å². The van der Waals surface area contributed by atoms with Gasteiger partial charge in [0.05, 0.1) is 17.5 Å². The predicted molar refractivity (Wildman–Crippen MR) is 137 cm³/mol. The molecule has 0 radical (unpaired) electrons. The van der Waals surface area contributed by atoms with E-state index in [2.05, 4.69) is 33.6 Å². The molecule has 34 heavy (non-hydrogen) atoms. The van der Waals surface area contributed by atoms with Gasteiger partial charge >= 0.3 is 0 Å². The average Bonchev–Trinajstić information content (AvgIpc) is 3.41. The van der Waals surface area contributed by atoms with Gasteiger partial charge in [-0.05, 0) is 91.9 Å². The van der Waals surface area contributed by atoms with Crippen LogP contribution in [-0.4, -0.2) is 59.3 Å². The smallest absolute Gasteiger partial charge is 0.261 e. The maximum Gasteiger partial charge on any atom is 0.261 e. The van der Waals surface area contributed by atoms with Crippen LogP contribution in [0.3, 0.4) is 0 Å². The standard InChI is InChI=1S/C27H37N3O3S/c1-3-14-29-17-21-16-26(27(21)18-29)20-6-8-22(9-7-20)28-34(31,32)25-12-10-23(11-13-25)30-15-4-5-24(30)19-33-2/h6-13,21,24,26-28H,3-5,14-19H2,1-2H3. The highest BCUT2D eigenvalue weighted by atomic mass is 32.2. The van der Waals surface area contributed by atoms with Gasteiger partial charge in [0.15, 0.2) is 0 Å². The van der Waals surface area contributed by atoms with E-state index in [0.29, 0.717) is 24.3 Å². The maximum atomic E-state index is 13.0. The molecule has 3 aliphatic rings. The minimum absolute atomic E-state index is 0.284. The molecule has 7 heteroatoms. The molecule has 1 saturated carbocycles. The number of anilines is 2. The Balaban J connectivity index is 1.21. The zero-order chi connectivity index (χ0) is 23.7. The van der Waals surface area contributed by atoms with Crippen LogP contribution in [0.15, 0.2) is 53.4 Å². The predicted octanol–water partition coefficient (Wildman–Crippen LogP) is 4.55. The summed E-state index contributed by atoms with van der Waals surface area (Å²) in [5, 5.41) is 0. The van der Waals surface area contributed by atoms with E-state index in [1.807, 2.05) is 24.3 Å². The molecule has 1 aliphatic carbocycles. The van der Waals surface area contributed by atoms with Crippen molar-refractivity contribution in [3.05, 3.63) is 54.1 Å². The quantitative estimate of drug-likeness (QED) is 0.567. The van der Waals surface area contributed by atoms with Gasteiger partial charge in [0.1, 0.15) is 0 Å². The Morgan fingerprint density at radius 3 is 2.53 bits per heavy atom. The second-order valence-electron chi connectivity index (χ2n) is 10.2. The van der Waals surface area contributed by atoms with E-state index < -0.39 is 10.0 Å². The molecule has 0 bridgehead atoms. The lowest BCUT2D eigenvalue weighted by Crippen LogP contribution is -2.33. The van der Waals surface area contributed by atoms with E-state index in [1.165, 1.54) is 38.0 Å². The van der Waals surface area contributed by atoms with Crippen LogP contribution in [0, 0.1) is 11.8 Å². The van der Waals surface area contributed by atoms with Crippen molar-refractivity contribution in [3.63, 3.8) is 0 Å². The molecule has 2 aromatic rings. The molecule has 1 N–H and O–H groups in total. The molecule has 3 fully saturated rings. The van der Waals surface area contributed by atoms with Crippen molar-refractivity contribution >= 4 is 21.4 Å². The van der Waals surface area contributed by atoms with E-state index >= 15 is 0 Å². The summed E-state index contributed by atoms with van der Waals surface area (Å²) in [6.07, 6.45) is 4.70. The second-order valence-corrected chi connectivity index (χ2v) is 11.9. The first-order chi connectivity index (χ1) is 16.5. The number of likely N-dealkylation sites (tertiary alicyclic amines) is 1. The lowest BCUT2D eigenvalue weighted by molar-refractivity contribution is 0.181. The molecule has 184 valence electrons. The SMILES string of the molecule is CCCN1CC2CC(c3ccc(NS(=O)(=O)c4ccc(N5CCCC5COC)cc4)cc3)C2C1. The van der Waals surface area contributed by atoms with Crippen LogP contribution in [-0.2, 0) is 14.8 Å². The lowest BCUT2D eigenvalue weighted by Gasteiger charge is -2.40. The van der Waals surface area contributed by atoms with Crippen LogP contribution < -0.4 is 9.62 Å². The third kappa shape index (κ3) is 4.70. The Kier molecular flexibility index (Phi) is 6.87. The minimum atomic E-state index is -3.63. The van der Waals surface area contributed by atoms with Crippen molar-refractivity contribution in [1.82, 2.24) is 4.90 Å². The molecule has 0 spiro atoms. The van der Waals surface area contributed by atoms with Gasteiger partial charge in [0, 0.05) is 38.1 Å². The number of hydrogen-bond donors (Lipinski definition) is 1. The van der Waals surface area contributed by atoms with Crippen LogP contribution >= 0.6 is 0 Å². The van der Waals surface area contributed by atoms with Crippen molar-refractivity contribution in [2.75, 3.05) is 49.5 Å². The summed E-state index contributed by atoms with van der Waals surface area (Å²) in [4.78, 5) is 5.19. The number of methoxy groups -OCH3 is 1. The summed E-state index contributed by atoms with van der Waals surface area (Å²) < 4.78 is 34.1. The highest BCUT2D eigenvalue weighted by Gasteiger charge is 2.46. The summed E-state index contributed by atoms with van der Waals surface area (Å²) >= 11 is 0. The van der Waals surface area contributed by atoms with Crippen LogP contribution in [0.25, 0.3) is 0 Å². The van der Waals surface area contributed by atoms with Gasteiger partial charge in [-0.2, -0.15) is 0 Å². The lowest BCUT2D eigenvalue weighted by atomic mass is 9.64. The fourth-order valence-corrected chi connectivity index (χ4v) is 7.31. The molecular formula is C27H37N3O3S. The fraction of sp³-hybridized carbons (Fsp3) is 0.556. The topological polar surface area (TPSA) is 61.9 Å². The number of hydrogen-bond acceptors (Lipinski definition) is 5. The monoisotopic (exact) mass is 483 g/mol. The first-order valence-corrected chi connectivity index (χ1v) is 14.2. The Hall–Kier alpha value is -2.09. The first-order valence-electron chi connectivity index (χ1n) is 12.7. The number of benzene rings is 2. The third-order valence-corrected chi connectivity index (χ3v) is 9.38. The molecule has 0 amide bonds. The number of rotatable bonds is 9. The Bertz CT molecular complexity index is 1070. The van der Waals surface area contributed by atoms with Crippen LogP contribution in [0.5, 0.6) is 0 Å². The highest BCUT2D eigenvalue weighted by Crippen LogP contribution is 2.51. The molecule has 5 rings (SSSR count).